The molecule has 4 rings (SSSR count). The monoisotopic (exact) mass is 327 g/mol. The largest absolute Gasteiger partial charge is 0.328 e. The molecular weight excluding hydrogens is 298 g/mol. The van der Waals surface area contributed by atoms with Gasteiger partial charge in [-0.25, -0.2) is 4.98 Å². The van der Waals surface area contributed by atoms with Crippen LogP contribution < -0.4 is 0 Å². The quantitative estimate of drug-likeness (QED) is 0.844. The first-order valence-corrected chi connectivity index (χ1v) is 9.44. The van der Waals surface area contributed by atoms with E-state index < -0.39 is 0 Å². The summed E-state index contributed by atoms with van der Waals surface area (Å²) in [5.41, 5.74) is 4.03. The van der Waals surface area contributed by atoms with Gasteiger partial charge in [-0.1, -0.05) is 0 Å². The van der Waals surface area contributed by atoms with Crippen LogP contribution in [0.25, 0.3) is 0 Å². The number of imidazole rings is 1. The lowest BCUT2D eigenvalue weighted by atomic mass is 10.0. The van der Waals surface area contributed by atoms with Crippen LogP contribution in [0.5, 0.6) is 0 Å². The summed E-state index contributed by atoms with van der Waals surface area (Å²) in [7, 11) is 0. The molecular formula is C19H29N5. The predicted octanol–water partition coefficient (Wildman–Crippen LogP) is 3.43. The predicted molar refractivity (Wildman–Crippen MR) is 95.1 cm³/mol. The molecule has 130 valence electrons. The minimum Gasteiger partial charge on any atom is -0.328 e. The number of nitrogens with zero attached hydrogens (tertiary/aromatic N) is 5. The Kier molecular flexibility index (Phi) is 4.21. The third kappa shape index (κ3) is 2.90. The molecule has 0 aromatic carbocycles. The fourth-order valence-corrected chi connectivity index (χ4v) is 4.17. The van der Waals surface area contributed by atoms with E-state index in [9.17, 15) is 0 Å². The van der Waals surface area contributed by atoms with E-state index in [4.69, 9.17) is 4.98 Å². The lowest BCUT2D eigenvalue weighted by Gasteiger charge is -2.34. The number of rotatable bonds is 5. The zero-order valence-electron chi connectivity index (χ0n) is 15.2. The SMILES string of the molecule is CCn1ncc(CN2CCCC(n3c(C)cnc3C3CC3)C2)c1C. The maximum Gasteiger partial charge on any atom is 0.112 e. The Balaban J connectivity index is 1.50. The van der Waals surface area contributed by atoms with E-state index in [0.717, 1.165) is 25.6 Å². The van der Waals surface area contributed by atoms with Gasteiger partial charge in [0.25, 0.3) is 0 Å². The second-order valence-corrected chi connectivity index (χ2v) is 7.50. The lowest BCUT2D eigenvalue weighted by molar-refractivity contribution is 0.167. The Morgan fingerprint density at radius 1 is 1.17 bits per heavy atom. The van der Waals surface area contributed by atoms with Gasteiger partial charge < -0.3 is 4.57 Å². The molecule has 0 amide bonds. The van der Waals surface area contributed by atoms with Gasteiger partial charge in [-0.15, -0.1) is 0 Å². The average Bonchev–Trinajstić information content (AvgIpc) is 3.28. The number of hydrogen-bond donors (Lipinski definition) is 0. The summed E-state index contributed by atoms with van der Waals surface area (Å²) in [6.45, 7) is 10.9. The molecule has 0 N–H and O–H groups in total. The fourth-order valence-electron chi connectivity index (χ4n) is 4.17. The first-order chi connectivity index (χ1) is 11.7. The minimum atomic E-state index is 0.582. The molecule has 2 fully saturated rings. The smallest absolute Gasteiger partial charge is 0.112 e. The van der Waals surface area contributed by atoms with Crippen LogP contribution in [0.15, 0.2) is 12.4 Å². The molecule has 0 bridgehead atoms. The van der Waals surface area contributed by atoms with Gasteiger partial charge in [-0.3, -0.25) is 9.58 Å². The van der Waals surface area contributed by atoms with E-state index in [0.29, 0.717) is 6.04 Å². The molecule has 1 aliphatic heterocycles. The van der Waals surface area contributed by atoms with Gasteiger partial charge in [0.2, 0.25) is 0 Å². The molecule has 0 spiro atoms. The summed E-state index contributed by atoms with van der Waals surface area (Å²) in [5, 5.41) is 4.50. The van der Waals surface area contributed by atoms with Crippen molar-refractivity contribution in [3.63, 3.8) is 0 Å². The second kappa shape index (κ2) is 6.36. The van der Waals surface area contributed by atoms with Gasteiger partial charge in [-0.2, -0.15) is 5.10 Å². The van der Waals surface area contributed by atoms with Crippen molar-refractivity contribution >= 4 is 0 Å². The van der Waals surface area contributed by atoms with E-state index in [1.807, 2.05) is 0 Å². The molecule has 2 aromatic heterocycles. The number of hydrogen-bond acceptors (Lipinski definition) is 3. The van der Waals surface area contributed by atoms with Crippen LogP contribution in [0.4, 0.5) is 0 Å². The molecule has 0 radical (unpaired) electrons. The highest BCUT2D eigenvalue weighted by Gasteiger charge is 2.32. The van der Waals surface area contributed by atoms with Crippen molar-refractivity contribution in [2.75, 3.05) is 13.1 Å². The summed E-state index contributed by atoms with van der Waals surface area (Å²) in [6.07, 6.45) is 9.32. The van der Waals surface area contributed by atoms with Gasteiger partial charge in [0, 0.05) is 54.7 Å². The molecule has 1 unspecified atom stereocenters. The van der Waals surface area contributed by atoms with E-state index in [1.165, 1.54) is 55.0 Å². The number of piperidine rings is 1. The highest BCUT2D eigenvalue weighted by Crippen LogP contribution is 2.41. The Morgan fingerprint density at radius 3 is 2.71 bits per heavy atom. The Hall–Kier alpha value is -1.62. The normalized spacial score (nSPS) is 22.2. The Bertz CT molecular complexity index is 709. The molecule has 1 aliphatic carbocycles. The number of aromatic nitrogens is 4. The second-order valence-electron chi connectivity index (χ2n) is 7.50. The summed E-state index contributed by atoms with van der Waals surface area (Å²) in [4.78, 5) is 7.33. The van der Waals surface area contributed by atoms with Gasteiger partial charge >= 0.3 is 0 Å². The van der Waals surface area contributed by atoms with Gasteiger partial charge in [-0.05, 0) is 53.0 Å². The molecule has 1 atom stereocenters. The van der Waals surface area contributed by atoms with E-state index in [-0.39, 0.29) is 0 Å². The van der Waals surface area contributed by atoms with Crippen molar-refractivity contribution in [1.29, 1.82) is 0 Å². The average molecular weight is 327 g/mol. The van der Waals surface area contributed by atoms with Crippen LogP contribution in [0.3, 0.4) is 0 Å². The van der Waals surface area contributed by atoms with Gasteiger partial charge in [0.05, 0.1) is 6.20 Å². The van der Waals surface area contributed by atoms with Crippen molar-refractivity contribution in [3.05, 3.63) is 35.2 Å². The van der Waals surface area contributed by atoms with E-state index >= 15 is 0 Å². The number of aryl methyl sites for hydroxylation is 2. The van der Waals surface area contributed by atoms with Gasteiger partial charge in [0.1, 0.15) is 5.82 Å². The third-order valence-corrected chi connectivity index (χ3v) is 5.70. The maximum atomic E-state index is 4.72. The molecule has 3 heterocycles. The highest BCUT2D eigenvalue weighted by atomic mass is 15.3. The molecule has 1 saturated carbocycles. The Morgan fingerprint density at radius 2 is 2.00 bits per heavy atom. The first kappa shape index (κ1) is 15.9. The zero-order chi connectivity index (χ0) is 16.7. The van der Waals surface area contributed by atoms with E-state index in [1.54, 1.807) is 0 Å². The van der Waals surface area contributed by atoms with Crippen LogP contribution in [0.2, 0.25) is 0 Å². The summed E-state index contributed by atoms with van der Waals surface area (Å²) in [6, 6.07) is 0.582. The van der Waals surface area contributed by atoms with Crippen molar-refractivity contribution in [2.24, 2.45) is 0 Å². The summed E-state index contributed by atoms with van der Waals surface area (Å²) >= 11 is 0. The number of likely N-dealkylation sites (tertiary alicyclic amines) is 1. The molecule has 1 saturated heterocycles. The highest BCUT2D eigenvalue weighted by molar-refractivity contribution is 5.17. The zero-order valence-corrected chi connectivity index (χ0v) is 15.2. The van der Waals surface area contributed by atoms with Gasteiger partial charge in [0.15, 0.2) is 0 Å². The van der Waals surface area contributed by atoms with Crippen LogP contribution in [-0.4, -0.2) is 37.3 Å². The first-order valence-electron chi connectivity index (χ1n) is 9.44. The minimum absolute atomic E-state index is 0.582. The van der Waals surface area contributed by atoms with Crippen LogP contribution in [0, 0.1) is 13.8 Å². The molecule has 2 aromatic rings. The van der Waals surface area contributed by atoms with Crippen LogP contribution in [-0.2, 0) is 13.1 Å². The van der Waals surface area contributed by atoms with E-state index in [2.05, 4.69) is 52.4 Å². The molecule has 5 nitrogen and oxygen atoms in total. The molecule has 24 heavy (non-hydrogen) atoms. The standard InChI is InChI=1S/C19H29N5/c1-4-23-15(3)17(11-21-23)12-22-9-5-6-18(13-22)24-14(2)10-20-19(24)16-7-8-16/h10-11,16,18H,4-9,12-13H2,1-3H3. The van der Waals surface area contributed by atoms with Crippen molar-refractivity contribution < 1.29 is 0 Å². The molecule has 5 heteroatoms. The third-order valence-electron chi connectivity index (χ3n) is 5.70. The topological polar surface area (TPSA) is 38.9 Å². The summed E-state index contributed by atoms with van der Waals surface area (Å²) in [5.74, 6) is 2.06. The van der Waals surface area contributed by atoms with Crippen molar-refractivity contribution in [3.8, 4) is 0 Å². The van der Waals surface area contributed by atoms with Crippen LogP contribution in [0.1, 0.15) is 67.3 Å². The fraction of sp³-hybridized carbons (Fsp3) is 0.684. The van der Waals surface area contributed by atoms with Crippen LogP contribution >= 0.6 is 0 Å². The molecule has 2 aliphatic rings. The summed E-state index contributed by atoms with van der Waals surface area (Å²) < 4.78 is 4.65. The lowest BCUT2D eigenvalue weighted by Crippen LogP contribution is -2.37. The maximum absolute atomic E-state index is 4.72. The Labute approximate surface area is 144 Å². The van der Waals surface area contributed by atoms with Crippen molar-refractivity contribution in [2.45, 2.75) is 71.5 Å². The van der Waals surface area contributed by atoms with Crippen molar-refractivity contribution in [1.82, 2.24) is 24.2 Å².